The molecule has 0 spiro atoms. The van der Waals surface area contributed by atoms with Gasteiger partial charge in [-0.15, -0.1) is 0 Å². The van der Waals surface area contributed by atoms with E-state index in [1.807, 2.05) is 42.5 Å². The summed E-state index contributed by atoms with van der Waals surface area (Å²) in [5.41, 5.74) is 1.83. The minimum absolute atomic E-state index is 0.494. The predicted molar refractivity (Wildman–Crippen MR) is 99.4 cm³/mol. The molecule has 5 heteroatoms. The number of halogens is 1. The largest absolute Gasteiger partial charge is 0.497 e. The third-order valence-corrected chi connectivity index (χ3v) is 4.94. The fraction of sp³-hybridized carbons (Fsp3) is 0.400. The Morgan fingerprint density at radius 3 is 2.56 bits per heavy atom. The summed E-state index contributed by atoms with van der Waals surface area (Å²) in [7, 11) is 3.33. The van der Waals surface area contributed by atoms with Crippen LogP contribution in [0.15, 0.2) is 42.5 Å². The summed E-state index contributed by atoms with van der Waals surface area (Å²) in [5.74, 6) is 1.64. The molecular weight excluding hydrogens is 338 g/mol. The number of benzene rings is 2. The Balaban J connectivity index is 1.77. The molecule has 0 aromatic heterocycles. The lowest BCUT2D eigenvalue weighted by Crippen LogP contribution is -2.30. The lowest BCUT2D eigenvalue weighted by Gasteiger charge is -2.26. The summed E-state index contributed by atoms with van der Waals surface area (Å²) in [5, 5.41) is 11.3. The zero-order valence-corrected chi connectivity index (χ0v) is 15.4. The van der Waals surface area contributed by atoms with E-state index >= 15 is 0 Å². The van der Waals surface area contributed by atoms with Gasteiger partial charge in [0, 0.05) is 35.3 Å². The average molecular weight is 362 g/mol. The standard InChI is InChI=1S/C20H24ClNO3/c1-24-16-9-10-20(25-2)14(11-16)12-22(15-7-8-15)13-19(23)17-5-3-4-6-18(17)21/h3-6,9-11,15,19,23H,7-8,12-13H2,1-2H3/t19-/m0/s1. The maximum Gasteiger partial charge on any atom is 0.123 e. The summed E-state index contributed by atoms with van der Waals surface area (Å²) < 4.78 is 10.8. The van der Waals surface area contributed by atoms with Gasteiger partial charge < -0.3 is 14.6 Å². The van der Waals surface area contributed by atoms with E-state index in [-0.39, 0.29) is 0 Å². The smallest absolute Gasteiger partial charge is 0.123 e. The number of methoxy groups -OCH3 is 2. The highest BCUT2D eigenvalue weighted by Crippen LogP contribution is 2.34. The maximum atomic E-state index is 10.7. The van der Waals surface area contributed by atoms with Crippen molar-refractivity contribution >= 4 is 11.6 Å². The quantitative estimate of drug-likeness (QED) is 0.770. The average Bonchev–Trinajstić information content (AvgIpc) is 3.46. The van der Waals surface area contributed by atoms with Gasteiger partial charge in [-0.2, -0.15) is 0 Å². The molecular formula is C20H24ClNO3. The Kier molecular flexibility index (Phi) is 5.84. The Hall–Kier alpha value is -1.75. The highest BCUT2D eigenvalue weighted by atomic mass is 35.5. The molecule has 1 N–H and O–H groups in total. The molecule has 1 aliphatic carbocycles. The van der Waals surface area contributed by atoms with E-state index in [1.165, 1.54) is 0 Å². The molecule has 1 fully saturated rings. The van der Waals surface area contributed by atoms with Gasteiger partial charge in [-0.25, -0.2) is 0 Å². The molecule has 0 heterocycles. The molecule has 25 heavy (non-hydrogen) atoms. The molecule has 0 bridgehead atoms. The van der Waals surface area contributed by atoms with Crippen LogP contribution in [0.5, 0.6) is 11.5 Å². The molecule has 0 radical (unpaired) electrons. The Morgan fingerprint density at radius 2 is 1.92 bits per heavy atom. The van der Waals surface area contributed by atoms with Crippen LogP contribution in [0.3, 0.4) is 0 Å². The molecule has 134 valence electrons. The highest BCUT2D eigenvalue weighted by Gasteiger charge is 2.31. The zero-order chi connectivity index (χ0) is 17.8. The Labute approximate surface area is 153 Å². The van der Waals surface area contributed by atoms with Crippen LogP contribution in [-0.2, 0) is 6.54 Å². The lowest BCUT2D eigenvalue weighted by atomic mass is 10.1. The number of aliphatic hydroxyl groups is 1. The normalized spacial score (nSPS) is 15.2. The van der Waals surface area contributed by atoms with E-state index in [2.05, 4.69) is 4.90 Å². The fourth-order valence-electron chi connectivity index (χ4n) is 3.07. The summed E-state index contributed by atoms with van der Waals surface area (Å²) in [4.78, 5) is 2.30. The number of hydrogen-bond donors (Lipinski definition) is 1. The first-order valence-corrected chi connectivity index (χ1v) is 8.87. The number of nitrogens with zero attached hydrogens (tertiary/aromatic N) is 1. The number of rotatable bonds is 8. The van der Waals surface area contributed by atoms with Crippen molar-refractivity contribution in [1.29, 1.82) is 0 Å². The Bertz CT molecular complexity index is 718. The molecule has 0 saturated heterocycles. The molecule has 0 unspecified atom stereocenters. The second kappa shape index (κ2) is 8.09. The van der Waals surface area contributed by atoms with Crippen molar-refractivity contribution < 1.29 is 14.6 Å². The molecule has 4 nitrogen and oxygen atoms in total. The lowest BCUT2D eigenvalue weighted by molar-refractivity contribution is 0.104. The first-order valence-electron chi connectivity index (χ1n) is 8.49. The molecule has 3 rings (SSSR count). The molecule has 2 aromatic rings. The minimum Gasteiger partial charge on any atom is -0.497 e. The van der Waals surface area contributed by atoms with Crippen LogP contribution < -0.4 is 9.47 Å². The van der Waals surface area contributed by atoms with E-state index in [1.54, 1.807) is 14.2 Å². The van der Waals surface area contributed by atoms with Crippen LogP contribution in [0, 0.1) is 0 Å². The van der Waals surface area contributed by atoms with Crippen LogP contribution >= 0.6 is 11.6 Å². The van der Waals surface area contributed by atoms with Crippen LogP contribution in [0.1, 0.15) is 30.1 Å². The SMILES string of the molecule is COc1ccc(OC)c(CN(C[C@H](O)c2ccccc2Cl)C2CC2)c1. The monoisotopic (exact) mass is 361 g/mol. The van der Waals surface area contributed by atoms with Gasteiger partial charge >= 0.3 is 0 Å². The number of aliphatic hydroxyl groups excluding tert-OH is 1. The van der Waals surface area contributed by atoms with Gasteiger partial charge in [0.25, 0.3) is 0 Å². The van der Waals surface area contributed by atoms with Crippen LogP contribution in [0.25, 0.3) is 0 Å². The number of ether oxygens (including phenoxy) is 2. The Morgan fingerprint density at radius 1 is 1.16 bits per heavy atom. The fourth-order valence-corrected chi connectivity index (χ4v) is 3.33. The van der Waals surface area contributed by atoms with E-state index < -0.39 is 6.10 Å². The van der Waals surface area contributed by atoms with Crippen molar-refractivity contribution in [1.82, 2.24) is 4.90 Å². The van der Waals surface area contributed by atoms with E-state index in [9.17, 15) is 5.11 Å². The minimum atomic E-state index is -0.620. The first kappa shape index (κ1) is 18.1. The van der Waals surface area contributed by atoms with Gasteiger partial charge in [0.05, 0.1) is 20.3 Å². The van der Waals surface area contributed by atoms with E-state index in [4.69, 9.17) is 21.1 Å². The van der Waals surface area contributed by atoms with Gasteiger partial charge in [0.2, 0.25) is 0 Å². The van der Waals surface area contributed by atoms with Crippen molar-refractivity contribution in [2.45, 2.75) is 31.5 Å². The first-order chi connectivity index (χ1) is 12.1. The van der Waals surface area contributed by atoms with Gasteiger partial charge in [0.1, 0.15) is 11.5 Å². The van der Waals surface area contributed by atoms with Crippen molar-refractivity contribution in [3.8, 4) is 11.5 Å². The molecule has 0 aliphatic heterocycles. The molecule has 1 aliphatic rings. The van der Waals surface area contributed by atoms with Crippen molar-refractivity contribution in [2.75, 3.05) is 20.8 Å². The van der Waals surface area contributed by atoms with Crippen molar-refractivity contribution in [3.63, 3.8) is 0 Å². The zero-order valence-electron chi connectivity index (χ0n) is 14.6. The van der Waals surface area contributed by atoms with Crippen LogP contribution in [-0.4, -0.2) is 36.8 Å². The summed E-state index contributed by atoms with van der Waals surface area (Å²) in [6.07, 6.45) is 1.69. The van der Waals surface area contributed by atoms with Crippen LogP contribution in [0.4, 0.5) is 0 Å². The summed E-state index contributed by atoms with van der Waals surface area (Å²) in [6, 6.07) is 13.8. The highest BCUT2D eigenvalue weighted by molar-refractivity contribution is 6.31. The summed E-state index contributed by atoms with van der Waals surface area (Å²) in [6.45, 7) is 1.24. The number of hydrogen-bond acceptors (Lipinski definition) is 4. The second-order valence-electron chi connectivity index (χ2n) is 6.38. The summed E-state index contributed by atoms with van der Waals surface area (Å²) >= 11 is 6.23. The van der Waals surface area contributed by atoms with Gasteiger partial charge in [-0.3, -0.25) is 4.90 Å². The topological polar surface area (TPSA) is 41.9 Å². The van der Waals surface area contributed by atoms with Crippen LogP contribution in [0.2, 0.25) is 5.02 Å². The van der Waals surface area contributed by atoms with Gasteiger partial charge in [-0.05, 0) is 37.1 Å². The third kappa shape index (κ3) is 4.46. The third-order valence-electron chi connectivity index (χ3n) is 4.60. The molecule has 2 aromatic carbocycles. The van der Waals surface area contributed by atoms with E-state index in [0.29, 0.717) is 24.2 Å². The second-order valence-corrected chi connectivity index (χ2v) is 6.78. The van der Waals surface area contributed by atoms with Gasteiger partial charge in [-0.1, -0.05) is 29.8 Å². The van der Waals surface area contributed by atoms with Gasteiger partial charge in [0.15, 0.2) is 0 Å². The van der Waals surface area contributed by atoms with E-state index in [0.717, 1.165) is 35.5 Å². The predicted octanol–water partition coefficient (Wildman–Crippen LogP) is 4.06. The maximum absolute atomic E-state index is 10.7. The molecule has 0 amide bonds. The molecule has 1 atom stereocenters. The van der Waals surface area contributed by atoms with Crippen molar-refractivity contribution in [2.24, 2.45) is 0 Å². The van der Waals surface area contributed by atoms with Crippen molar-refractivity contribution in [3.05, 3.63) is 58.6 Å². The molecule has 1 saturated carbocycles.